The van der Waals surface area contributed by atoms with Crippen molar-refractivity contribution >= 4 is 39.6 Å². The minimum absolute atomic E-state index is 0.265. The van der Waals surface area contributed by atoms with Gasteiger partial charge in [-0.1, -0.05) is 36.8 Å². The molecule has 0 aliphatic carbocycles. The lowest BCUT2D eigenvalue weighted by atomic mass is 10.2. The topological polar surface area (TPSA) is 72.2 Å². The third kappa shape index (κ3) is 2.69. The fourth-order valence-corrected chi connectivity index (χ4v) is 2.98. The summed E-state index contributed by atoms with van der Waals surface area (Å²) in [5.41, 5.74) is 1.73. The van der Waals surface area contributed by atoms with Crippen molar-refractivity contribution in [2.75, 3.05) is 5.32 Å². The van der Waals surface area contributed by atoms with Crippen molar-refractivity contribution < 1.29 is 4.79 Å². The molecule has 0 fully saturated rings. The van der Waals surface area contributed by atoms with E-state index in [-0.39, 0.29) is 11.8 Å². The SMILES string of the molecule is Cc1nc2cc(Cl)ccn2c1C(=O)Nc1nnc(C(C)C)s1. The van der Waals surface area contributed by atoms with Crippen LogP contribution in [-0.2, 0) is 0 Å². The van der Waals surface area contributed by atoms with Crippen LogP contribution in [0, 0.1) is 6.92 Å². The Labute approximate surface area is 136 Å². The predicted octanol–water partition coefficient (Wildman–Crippen LogP) is 3.52. The Morgan fingerprint density at radius 3 is 2.86 bits per heavy atom. The van der Waals surface area contributed by atoms with E-state index < -0.39 is 0 Å². The number of rotatable bonds is 3. The zero-order valence-electron chi connectivity index (χ0n) is 12.3. The maximum Gasteiger partial charge on any atom is 0.276 e. The molecule has 0 unspecified atom stereocenters. The van der Waals surface area contributed by atoms with Gasteiger partial charge in [-0.25, -0.2) is 4.98 Å². The lowest BCUT2D eigenvalue weighted by molar-refractivity contribution is 0.102. The second-order valence-corrected chi connectivity index (χ2v) is 6.62. The molecule has 114 valence electrons. The van der Waals surface area contributed by atoms with Crippen molar-refractivity contribution in [2.24, 2.45) is 0 Å². The Hall–Kier alpha value is -1.99. The summed E-state index contributed by atoms with van der Waals surface area (Å²) in [6.07, 6.45) is 1.73. The first-order valence-corrected chi connectivity index (χ1v) is 7.94. The summed E-state index contributed by atoms with van der Waals surface area (Å²) < 4.78 is 1.71. The minimum atomic E-state index is -0.265. The molecule has 3 aromatic rings. The normalized spacial score (nSPS) is 11.3. The van der Waals surface area contributed by atoms with Gasteiger partial charge in [-0.3, -0.25) is 14.5 Å². The second-order valence-electron chi connectivity index (χ2n) is 5.17. The molecule has 0 aliphatic rings. The number of hydrogen-bond donors (Lipinski definition) is 1. The van der Waals surface area contributed by atoms with Gasteiger partial charge in [0.1, 0.15) is 16.3 Å². The standard InChI is InChI=1S/C14H14ClN5OS/c1-7(2)13-18-19-14(22-13)17-12(21)11-8(3)16-10-6-9(15)4-5-20(10)11/h4-7H,1-3H3,(H,17,19,21). The Morgan fingerprint density at radius 2 is 2.18 bits per heavy atom. The molecular weight excluding hydrogens is 322 g/mol. The molecule has 6 nitrogen and oxygen atoms in total. The van der Waals surface area contributed by atoms with Crippen molar-refractivity contribution in [3.8, 4) is 0 Å². The van der Waals surface area contributed by atoms with Crippen LogP contribution in [0.1, 0.15) is 41.0 Å². The first-order valence-electron chi connectivity index (χ1n) is 6.74. The number of aryl methyl sites for hydroxylation is 1. The van der Waals surface area contributed by atoms with Gasteiger partial charge in [0, 0.05) is 23.2 Å². The summed E-state index contributed by atoms with van der Waals surface area (Å²) in [6, 6.07) is 3.43. The van der Waals surface area contributed by atoms with Crippen LogP contribution in [-0.4, -0.2) is 25.5 Å². The Bertz CT molecular complexity index is 854. The van der Waals surface area contributed by atoms with Crippen molar-refractivity contribution in [3.05, 3.63) is 39.7 Å². The molecule has 1 N–H and O–H groups in total. The molecule has 0 bridgehead atoms. The van der Waals surface area contributed by atoms with Gasteiger partial charge >= 0.3 is 0 Å². The number of anilines is 1. The highest BCUT2D eigenvalue weighted by Crippen LogP contribution is 2.23. The average Bonchev–Trinajstić information content (AvgIpc) is 3.01. The fourth-order valence-electron chi connectivity index (χ4n) is 2.09. The van der Waals surface area contributed by atoms with Crippen LogP contribution in [0.5, 0.6) is 0 Å². The van der Waals surface area contributed by atoms with Crippen LogP contribution in [0.3, 0.4) is 0 Å². The molecule has 3 rings (SSSR count). The van der Waals surface area contributed by atoms with Gasteiger partial charge in [0.2, 0.25) is 5.13 Å². The van der Waals surface area contributed by atoms with Gasteiger partial charge in [0.25, 0.3) is 5.91 Å². The molecule has 3 aromatic heterocycles. The summed E-state index contributed by atoms with van der Waals surface area (Å²) in [7, 11) is 0. The van der Waals surface area contributed by atoms with E-state index in [1.54, 1.807) is 29.7 Å². The van der Waals surface area contributed by atoms with Gasteiger partial charge in [0.15, 0.2) is 0 Å². The van der Waals surface area contributed by atoms with E-state index in [0.717, 1.165) is 5.01 Å². The van der Waals surface area contributed by atoms with Crippen molar-refractivity contribution in [1.29, 1.82) is 0 Å². The van der Waals surface area contributed by atoms with Crippen LogP contribution in [0.4, 0.5) is 5.13 Å². The number of carbonyl (C=O) groups is 1. The number of pyridine rings is 1. The number of halogens is 1. The van der Waals surface area contributed by atoms with Crippen LogP contribution in [0.25, 0.3) is 5.65 Å². The predicted molar refractivity (Wildman–Crippen MR) is 86.9 cm³/mol. The highest BCUT2D eigenvalue weighted by Gasteiger charge is 2.18. The molecule has 8 heteroatoms. The molecule has 0 saturated carbocycles. The Kier molecular flexibility index (Phi) is 3.84. The number of imidazole rings is 1. The molecule has 1 amide bonds. The molecule has 22 heavy (non-hydrogen) atoms. The molecule has 0 atom stereocenters. The van der Waals surface area contributed by atoms with Crippen LogP contribution in [0.15, 0.2) is 18.3 Å². The molecule has 0 spiro atoms. The maximum atomic E-state index is 12.5. The first kappa shape index (κ1) is 14.9. The number of amides is 1. The summed E-state index contributed by atoms with van der Waals surface area (Å²) in [4.78, 5) is 16.9. The lowest BCUT2D eigenvalue weighted by Gasteiger charge is -2.03. The molecule has 3 heterocycles. The van der Waals surface area contributed by atoms with E-state index in [1.165, 1.54) is 11.3 Å². The molecule has 0 aliphatic heterocycles. The fraction of sp³-hybridized carbons (Fsp3) is 0.286. The number of hydrogen-bond acceptors (Lipinski definition) is 5. The van der Waals surface area contributed by atoms with Gasteiger partial charge in [-0.05, 0) is 13.0 Å². The molecular formula is C14H14ClN5OS. The van der Waals surface area contributed by atoms with E-state index in [2.05, 4.69) is 20.5 Å². The third-order valence-corrected chi connectivity index (χ3v) is 4.51. The summed E-state index contributed by atoms with van der Waals surface area (Å²) in [6.45, 7) is 5.85. The first-order chi connectivity index (χ1) is 10.5. The zero-order chi connectivity index (χ0) is 15.9. The number of fused-ring (bicyclic) bond motifs is 1. The quantitative estimate of drug-likeness (QED) is 0.794. The highest BCUT2D eigenvalue weighted by atomic mass is 35.5. The monoisotopic (exact) mass is 335 g/mol. The maximum absolute atomic E-state index is 12.5. The molecule has 0 aromatic carbocycles. The van der Waals surface area contributed by atoms with E-state index in [9.17, 15) is 4.79 Å². The molecule has 0 saturated heterocycles. The average molecular weight is 336 g/mol. The van der Waals surface area contributed by atoms with Crippen LogP contribution >= 0.6 is 22.9 Å². The van der Waals surface area contributed by atoms with Gasteiger partial charge < -0.3 is 0 Å². The van der Waals surface area contributed by atoms with Crippen molar-refractivity contribution in [3.63, 3.8) is 0 Å². The van der Waals surface area contributed by atoms with E-state index in [1.807, 2.05) is 13.8 Å². The largest absolute Gasteiger partial charge is 0.295 e. The third-order valence-electron chi connectivity index (χ3n) is 3.13. The number of nitrogens with zero attached hydrogens (tertiary/aromatic N) is 4. The summed E-state index contributed by atoms with van der Waals surface area (Å²) >= 11 is 7.33. The van der Waals surface area contributed by atoms with Gasteiger partial charge in [-0.15, -0.1) is 10.2 Å². The zero-order valence-corrected chi connectivity index (χ0v) is 13.9. The number of carbonyl (C=O) groups excluding carboxylic acids is 1. The smallest absolute Gasteiger partial charge is 0.276 e. The molecule has 0 radical (unpaired) electrons. The van der Waals surface area contributed by atoms with Gasteiger partial charge in [-0.2, -0.15) is 0 Å². The van der Waals surface area contributed by atoms with Gasteiger partial charge in [0.05, 0.1) is 5.69 Å². The number of aromatic nitrogens is 4. The Balaban J connectivity index is 1.93. The van der Waals surface area contributed by atoms with Crippen molar-refractivity contribution in [1.82, 2.24) is 19.6 Å². The van der Waals surface area contributed by atoms with E-state index >= 15 is 0 Å². The van der Waals surface area contributed by atoms with E-state index in [4.69, 9.17) is 11.6 Å². The minimum Gasteiger partial charge on any atom is -0.295 e. The van der Waals surface area contributed by atoms with Crippen LogP contribution < -0.4 is 5.32 Å². The Morgan fingerprint density at radius 1 is 1.41 bits per heavy atom. The lowest BCUT2D eigenvalue weighted by Crippen LogP contribution is -2.15. The number of nitrogens with one attached hydrogen (secondary N) is 1. The summed E-state index contributed by atoms with van der Waals surface area (Å²) in [5.74, 6) is 0.0154. The van der Waals surface area contributed by atoms with E-state index in [0.29, 0.717) is 27.2 Å². The second kappa shape index (κ2) is 5.66. The summed E-state index contributed by atoms with van der Waals surface area (Å²) in [5, 5.41) is 12.8. The highest BCUT2D eigenvalue weighted by molar-refractivity contribution is 7.15. The van der Waals surface area contributed by atoms with Crippen molar-refractivity contribution in [2.45, 2.75) is 26.7 Å². The van der Waals surface area contributed by atoms with Crippen LogP contribution in [0.2, 0.25) is 5.02 Å².